The first kappa shape index (κ1) is 11.3. The Bertz CT molecular complexity index is 261. The van der Waals surface area contributed by atoms with Crippen LogP contribution in [0, 0.1) is 12.8 Å². The summed E-state index contributed by atoms with van der Waals surface area (Å²) in [4.78, 5) is 0. The predicted octanol–water partition coefficient (Wildman–Crippen LogP) is 2.94. The molecule has 1 aromatic rings. The molecule has 1 atom stereocenters. The van der Waals surface area contributed by atoms with Gasteiger partial charge in [-0.1, -0.05) is 43.7 Å². The highest BCUT2D eigenvalue weighted by Crippen LogP contribution is 2.11. The fraction of sp³-hybridized carbons (Fsp3) is 0.538. The van der Waals surface area contributed by atoms with E-state index >= 15 is 0 Å². The van der Waals surface area contributed by atoms with Gasteiger partial charge in [-0.25, -0.2) is 0 Å². The molecule has 1 unspecified atom stereocenters. The fourth-order valence-electron chi connectivity index (χ4n) is 1.40. The van der Waals surface area contributed by atoms with Gasteiger partial charge < -0.3 is 5.11 Å². The van der Waals surface area contributed by atoms with Gasteiger partial charge in [-0.2, -0.15) is 0 Å². The maximum atomic E-state index is 9.64. The van der Waals surface area contributed by atoms with Crippen LogP contribution in [-0.2, 0) is 6.42 Å². The van der Waals surface area contributed by atoms with Crippen molar-refractivity contribution in [1.82, 2.24) is 0 Å². The number of rotatable bonds is 4. The molecule has 1 N–H and O–H groups in total. The number of aliphatic hydroxyl groups excluding tert-OH is 1. The van der Waals surface area contributed by atoms with Crippen molar-refractivity contribution in [2.75, 3.05) is 0 Å². The lowest BCUT2D eigenvalue weighted by molar-refractivity contribution is 0.116. The number of benzene rings is 1. The third kappa shape index (κ3) is 3.51. The topological polar surface area (TPSA) is 20.2 Å². The molecule has 78 valence electrons. The molecule has 0 amide bonds. The zero-order valence-electron chi connectivity index (χ0n) is 9.33. The molecule has 0 spiro atoms. The molecule has 0 heterocycles. The highest BCUT2D eigenvalue weighted by atomic mass is 16.3. The average molecular weight is 192 g/mol. The summed E-state index contributed by atoms with van der Waals surface area (Å²) in [6.45, 7) is 6.20. The molecule has 0 fully saturated rings. The zero-order valence-corrected chi connectivity index (χ0v) is 9.33. The van der Waals surface area contributed by atoms with Crippen molar-refractivity contribution in [1.29, 1.82) is 0 Å². The second-order valence-corrected chi connectivity index (χ2v) is 4.34. The van der Waals surface area contributed by atoms with E-state index < -0.39 is 0 Å². The van der Waals surface area contributed by atoms with Crippen LogP contribution in [0.25, 0.3) is 0 Å². The van der Waals surface area contributed by atoms with Gasteiger partial charge in [0.1, 0.15) is 0 Å². The van der Waals surface area contributed by atoms with Crippen molar-refractivity contribution >= 4 is 0 Å². The standard InChI is InChI=1S/C13H20O/c1-10(2)13(14)9-8-12-6-4-11(3)5-7-12/h4-7,10,13-14H,8-9H2,1-3H3. The van der Waals surface area contributed by atoms with Crippen molar-refractivity contribution in [3.63, 3.8) is 0 Å². The second-order valence-electron chi connectivity index (χ2n) is 4.34. The third-order valence-corrected chi connectivity index (χ3v) is 2.62. The SMILES string of the molecule is Cc1ccc(CCC(O)C(C)C)cc1. The van der Waals surface area contributed by atoms with E-state index in [4.69, 9.17) is 0 Å². The molecule has 0 aliphatic heterocycles. The molecule has 0 aliphatic carbocycles. The van der Waals surface area contributed by atoms with Gasteiger partial charge >= 0.3 is 0 Å². The Morgan fingerprint density at radius 2 is 1.71 bits per heavy atom. The Kier molecular flexibility index (Phi) is 4.15. The highest BCUT2D eigenvalue weighted by molar-refractivity contribution is 5.21. The average Bonchev–Trinajstić information content (AvgIpc) is 2.16. The van der Waals surface area contributed by atoms with E-state index in [0.29, 0.717) is 5.92 Å². The minimum atomic E-state index is -0.170. The Balaban J connectivity index is 2.42. The zero-order chi connectivity index (χ0) is 10.6. The lowest BCUT2D eigenvalue weighted by Crippen LogP contribution is -2.15. The van der Waals surface area contributed by atoms with Crippen LogP contribution in [0.15, 0.2) is 24.3 Å². The summed E-state index contributed by atoms with van der Waals surface area (Å²) in [5.74, 6) is 0.362. The van der Waals surface area contributed by atoms with Crippen LogP contribution >= 0.6 is 0 Å². The molecule has 0 saturated carbocycles. The van der Waals surface area contributed by atoms with Crippen molar-refractivity contribution < 1.29 is 5.11 Å². The lowest BCUT2D eigenvalue weighted by atomic mass is 9.99. The number of hydrogen-bond acceptors (Lipinski definition) is 1. The Morgan fingerprint density at radius 1 is 1.14 bits per heavy atom. The monoisotopic (exact) mass is 192 g/mol. The van der Waals surface area contributed by atoms with E-state index in [1.165, 1.54) is 11.1 Å². The van der Waals surface area contributed by atoms with E-state index in [0.717, 1.165) is 12.8 Å². The minimum Gasteiger partial charge on any atom is -0.393 e. The molecule has 0 bridgehead atoms. The maximum Gasteiger partial charge on any atom is 0.0566 e. The van der Waals surface area contributed by atoms with Gasteiger partial charge in [0, 0.05) is 0 Å². The molecule has 1 nitrogen and oxygen atoms in total. The Labute approximate surface area is 86.8 Å². The Morgan fingerprint density at radius 3 is 2.21 bits per heavy atom. The van der Waals surface area contributed by atoms with Crippen molar-refractivity contribution in [2.45, 2.75) is 39.7 Å². The third-order valence-electron chi connectivity index (χ3n) is 2.62. The summed E-state index contributed by atoms with van der Waals surface area (Å²) < 4.78 is 0. The van der Waals surface area contributed by atoms with E-state index in [1.54, 1.807) is 0 Å². The first-order valence-electron chi connectivity index (χ1n) is 5.33. The van der Waals surface area contributed by atoms with Gasteiger partial charge in [-0.05, 0) is 31.2 Å². The van der Waals surface area contributed by atoms with E-state index in [1.807, 2.05) is 0 Å². The highest BCUT2D eigenvalue weighted by Gasteiger charge is 2.08. The van der Waals surface area contributed by atoms with Crippen LogP contribution in [0.4, 0.5) is 0 Å². The Hall–Kier alpha value is -0.820. The van der Waals surface area contributed by atoms with Gasteiger partial charge in [0.25, 0.3) is 0 Å². The predicted molar refractivity (Wildman–Crippen MR) is 60.3 cm³/mol. The molecule has 0 radical (unpaired) electrons. The van der Waals surface area contributed by atoms with Crippen LogP contribution in [-0.4, -0.2) is 11.2 Å². The van der Waals surface area contributed by atoms with Crippen molar-refractivity contribution in [2.24, 2.45) is 5.92 Å². The molecule has 14 heavy (non-hydrogen) atoms. The van der Waals surface area contributed by atoms with Crippen LogP contribution in [0.5, 0.6) is 0 Å². The quantitative estimate of drug-likeness (QED) is 0.777. The number of aliphatic hydroxyl groups is 1. The normalized spacial score (nSPS) is 13.2. The largest absolute Gasteiger partial charge is 0.393 e. The smallest absolute Gasteiger partial charge is 0.0566 e. The van der Waals surface area contributed by atoms with Crippen LogP contribution < -0.4 is 0 Å². The first-order valence-corrected chi connectivity index (χ1v) is 5.33. The summed E-state index contributed by atoms with van der Waals surface area (Å²) in [5, 5.41) is 9.64. The van der Waals surface area contributed by atoms with Crippen LogP contribution in [0.2, 0.25) is 0 Å². The van der Waals surface area contributed by atoms with Gasteiger partial charge in [0.2, 0.25) is 0 Å². The molecular formula is C13H20O. The second kappa shape index (κ2) is 5.16. The number of aryl methyl sites for hydroxylation is 2. The van der Waals surface area contributed by atoms with Gasteiger partial charge in [0.15, 0.2) is 0 Å². The molecule has 0 aromatic heterocycles. The van der Waals surface area contributed by atoms with Gasteiger partial charge in [-0.3, -0.25) is 0 Å². The minimum absolute atomic E-state index is 0.170. The molecule has 0 saturated heterocycles. The van der Waals surface area contributed by atoms with E-state index in [9.17, 15) is 5.11 Å². The fourth-order valence-corrected chi connectivity index (χ4v) is 1.40. The summed E-state index contributed by atoms with van der Waals surface area (Å²) in [6.07, 6.45) is 1.66. The summed E-state index contributed by atoms with van der Waals surface area (Å²) in [6, 6.07) is 8.53. The lowest BCUT2D eigenvalue weighted by Gasteiger charge is -2.13. The maximum absolute atomic E-state index is 9.64. The first-order chi connectivity index (χ1) is 6.59. The number of hydrogen-bond donors (Lipinski definition) is 1. The van der Waals surface area contributed by atoms with Crippen molar-refractivity contribution in [3.8, 4) is 0 Å². The van der Waals surface area contributed by atoms with Gasteiger partial charge in [0.05, 0.1) is 6.10 Å². The molecule has 1 heteroatoms. The van der Waals surface area contributed by atoms with Crippen molar-refractivity contribution in [3.05, 3.63) is 35.4 Å². The summed E-state index contributed by atoms with van der Waals surface area (Å²) in [5.41, 5.74) is 2.61. The molecular weight excluding hydrogens is 172 g/mol. The van der Waals surface area contributed by atoms with E-state index in [-0.39, 0.29) is 6.10 Å². The van der Waals surface area contributed by atoms with Gasteiger partial charge in [-0.15, -0.1) is 0 Å². The molecule has 1 aromatic carbocycles. The van der Waals surface area contributed by atoms with E-state index in [2.05, 4.69) is 45.0 Å². The molecule has 0 aliphatic rings. The molecule has 1 rings (SSSR count). The van der Waals surface area contributed by atoms with Crippen LogP contribution in [0.1, 0.15) is 31.4 Å². The van der Waals surface area contributed by atoms with Crippen LogP contribution in [0.3, 0.4) is 0 Å². The summed E-state index contributed by atoms with van der Waals surface area (Å²) in [7, 11) is 0. The summed E-state index contributed by atoms with van der Waals surface area (Å²) >= 11 is 0.